The summed E-state index contributed by atoms with van der Waals surface area (Å²) in [6, 6.07) is 24.0. The molecule has 0 aliphatic heterocycles. The highest BCUT2D eigenvalue weighted by molar-refractivity contribution is 5.90. The summed E-state index contributed by atoms with van der Waals surface area (Å²) in [7, 11) is 0. The highest BCUT2D eigenvalue weighted by atomic mass is 14.7. The predicted octanol–water partition coefficient (Wildman–Crippen LogP) is 4.50. The minimum Gasteiger partial charge on any atom is -0.256 e. The van der Waals surface area contributed by atoms with Crippen molar-refractivity contribution < 1.29 is 0 Å². The number of para-hydroxylation sites is 1. The third-order valence-electron chi connectivity index (χ3n) is 3.01. The van der Waals surface area contributed by atoms with Gasteiger partial charge in [-0.2, -0.15) is 0 Å². The van der Waals surface area contributed by atoms with Crippen LogP contribution in [0.4, 0.5) is 5.69 Å². The van der Waals surface area contributed by atoms with E-state index >= 15 is 0 Å². The van der Waals surface area contributed by atoms with Crippen LogP contribution >= 0.6 is 0 Å². The van der Waals surface area contributed by atoms with Crippen molar-refractivity contribution in [1.29, 1.82) is 0 Å². The number of hydrogen-bond donors (Lipinski definition) is 0. The first kappa shape index (κ1) is 12.3. The minimum absolute atomic E-state index is 0.948. The van der Waals surface area contributed by atoms with E-state index in [2.05, 4.69) is 22.1 Å². The van der Waals surface area contributed by atoms with Crippen LogP contribution in [0.2, 0.25) is 0 Å². The Hall–Kier alpha value is -2.74. The van der Waals surface area contributed by atoms with Gasteiger partial charge in [0.15, 0.2) is 0 Å². The number of aliphatic imine (C=N–C) groups is 1. The van der Waals surface area contributed by atoms with E-state index in [1.54, 1.807) is 6.20 Å². The van der Waals surface area contributed by atoms with Gasteiger partial charge in [-0.05, 0) is 24.3 Å². The summed E-state index contributed by atoms with van der Waals surface area (Å²) in [6.07, 6.45) is 3.69. The van der Waals surface area contributed by atoms with Crippen LogP contribution in [-0.2, 0) is 0 Å². The van der Waals surface area contributed by atoms with E-state index in [1.165, 1.54) is 0 Å². The lowest BCUT2D eigenvalue weighted by atomic mass is 10.0. The first-order valence-corrected chi connectivity index (χ1v) is 6.53. The summed E-state index contributed by atoms with van der Waals surface area (Å²) < 4.78 is 0. The van der Waals surface area contributed by atoms with Crippen molar-refractivity contribution >= 4 is 11.9 Å². The lowest BCUT2D eigenvalue weighted by molar-refractivity contribution is 1.32. The zero-order chi connectivity index (χ0) is 13.6. The standard InChI is InChI=1S/C18H14N2/c1-2-9-16(10-3-1)20-14-15-8-4-5-11-17(15)18-12-6-7-13-19-18/h1-14H/b20-14-. The molecule has 0 aliphatic carbocycles. The van der Waals surface area contributed by atoms with Crippen molar-refractivity contribution in [2.75, 3.05) is 0 Å². The molecule has 0 saturated carbocycles. The van der Waals surface area contributed by atoms with Gasteiger partial charge < -0.3 is 0 Å². The van der Waals surface area contributed by atoms with Gasteiger partial charge in [-0.3, -0.25) is 9.98 Å². The molecule has 0 amide bonds. The first-order chi connectivity index (χ1) is 9.93. The normalized spacial score (nSPS) is 10.8. The largest absolute Gasteiger partial charge is 0.256 e. The quantitative estimate of drug-likeness (QED) is 0.635. The average molecular weight is 258 g/mol. The molecule has 0 fully saturated rings. The highest BCUT2D eigenvalue weighted by Crippen LogP contribution is 2.20. The Morgan fingerprint density at radius 3 is 2.30 bits per heavy atom. The molecular formula is C18H14N2. The third kappa shape index (κ3) is 2.81. The van der Waals surface area contributed by atoms with Crippen molar-refractivity contribution in [3.63, 3.8) is 0 Å². The maximum absolute atomic E-state index is 4.51. The van der Waals surface area contributed by atoms with E-state index in [9.17, 15) is 0 Å². The lowest BCUT2D eigenvalue weighted by Crippen LogP contribution is -1.89. The molecule has 0 atom stereocenters. The molecule has 0 bridgehead atoms. The van der Waals surface area contributed by atoms with Gasteiger partial charge in [0.25, 0.3) is 0 Å². The summed E-state index contributed by atoms with van der Waals surface area (Å²) in [6.45, 7) is 0. The van der Waals surface area contributed by atoms with Crippen LogP contribution in [0.3, 0.4) is 0 Å². The molecule has 0 radical (unpaired) electrons. The Kier molecular flexibility index (Phi) is 3.65. The van der Waals surface area contributed by atoms with Gasteiger partial charge >= 0.3 is 0 Å². The summed E-state index contributed by atoms with van der Waals surface area (Å²) in [5.74, 6) is 0. The molecule has 1 aromatic heterocycles. The number of nitrogens with zero attached hydrogens (tertiary/aromatic N) is 2. The lowest BCUT2D eigenvalue weighted by Gasteiger charge is -2.04. The van der Waals surface area contributed by atoms with Gasteiger partial charge in [0.2, 0.25) is 0 Å². The molecule has 0 spiro atoms. The molecule has 2 aromatic carbocycles. The van der Waals surface area contributed by atoms with Crippen LogP contribution in [-0.4, -0.2) is 11.2 Å². The maximum Gasteiger partial charge on any atom is 0.0708 e. The van der Waals surface area contributed by atoms with Crippen LogP contribution in [0.15, 0.2) is 84.0 Å². The van der Waals surface area contributed by atoms with Gasteiger partial charge in [0.1, 0.15) is 0 Å². The highest BCUT2D eigenvalue weighted by Gasteiger charge is 2.02. The molecule has 3 rings (SSSR count). The topological polar surface area (TPSA) is 25.2 Å². The maximum atomic E-state index is 4.51. The Balaban J connectivity index is 1.97. The van der Waals surface area contributed by atoms with Gasteiger partial charge in [0, 0.05) is 23.5 Å². The van der Waals surface area contributed by atoms with E-state index < -0.39 is 0 Å². The molecule has 0 aliphatic rings. The van der Waals surface area contributed by atoms with E-state index in [-0.39, 0.29) is 0 Å². The molecule has 1 heterocycles. The molecular weight excluding hydrogens is 244 g/mol. The fraction of sp³-hybridized carbons (Fsp3) is 0. The number of rotatable bonds is 3. The van der Waals surface area contributed by atoms with Crippen LogP contribution in [0.1, 0.15) is 5.56 Å². The minimum atomic E-state index is 0.948. The van der Waals surface area contributed by atoms with Gasteiger partial charge in [0.05, 0.1) is 11.4 Å². The van der Waals surface area contributed by atoms with Crippen molar-refractivity contribution in [2.24, 2.45) is 4.99 Å². The van der Waals surface area contributed by atoms with Crippen molar-refractivity contribution in [3.8, 4) is 11.3 Å². The second-order valence-corrected chi connectivity index (χ2v) is 4.40. The smallest absolute Gasteiger partial charge is 0.0708 e. The van der Waals surface area contributed by atoms with Crippen LogP contribution < -0.4 is 0 Å². The van der Waals surface area contributed by atoms with E-state index in [4.69, 9.17) is 0 Å². The summed E-state index contributed by atoms with van der Waals surface area (Å²) in [4.78, 5) is 8.91. The Bertz CT molecular complexity index is 704. The molecule has 20 heavy (non-hydrogen) atoms. The predicted molar refractivity (Wildman–Crippen MR) is 83.4 cm³/mol. The fourth-order valence-electron chi connectivity index (χ4n) is 2.02. The molecule has 0 N–H and O–H groups in total. The van der Waals surface area contributed by atoms with E-state index in [0.717, 1.165) is 22.5 Å². The number of hydrogen-bond acceptors (Lipinski definition) is 2. The Labute approximate surface area is 118 Å². The number of aromatic nitrogens is 1. The van der Waals surface area contributed by atoms with E-state index in [0.29, 0.717) is 0 Å². The van der Waals surface area contributed by atoms with Gasteiger partial charge in [-0.15, -0.1) is 0 Å². The third-order valence-corrected chi connectivity index (χ3v) is 3.01. The number of pyridine rings is 1. The SMILES string of the molecule is C(=N/c1ccccc1)/c1ccccc1-c1ccccn1. The van der Waals surface area contributed by atoms with Crippen molar-refractivity contribution in [3.05, 3.63) is 84.6 Å². The summed E-state index contributed by atoms with van der Waals surface area (Å²) in [5.41, 5.74) is 4.06. The second-order valence-electron chi connectivity index (χ2n) is 4.40. The monoisotopic (exact) mass is 258 g/mol. The van der Waals surface area contributed by atoms with Crippen LogP contribution in [0.5, 0.6) is 0 Å². The Morgan fingerprint density at radius 1 is 0.750 bits per heavy atom. The second kappa shape index (κ2) is 5.93. The molecule has 3 aromatic rings. The van der Waals surface area contributed by atoms with Crippen LogP contribution in [0.25, 0.3) is 11.3 Å². The van der Waals surface area contributed by atoms with Gasteiger partial charge in [-0.1, -0.05) is 48.5 Å². The molecule has 0 unspecified atom stereocenters. The summed E-state index contributed by atoms with van der Waals surface area (Å²) in [5, 5.41) is 0. The van der Waals surface area contributed by atoms with Gasteiger partial charge in [-0.25, -0.2) is 0 Å². The summed E-state index contributed by atoms with van der Waals surface area (Å²) >= 11 is 0. The molecule has 2 nitrogen and oxygen atoms in total. The number of benzene rings is 2. The molecule has 0 saturated heterocycles. The Morgan fingerprint density at radius 2 is 1.50 bits per heavy atom. The fourth-order valence-corrected chi connectivity index (χ4v) is 2.02. The first-order valence-electron chi connectivity index (χ1n) is 6.53. The zero-order valence-electron chi connectivity index (χ0n) is 11.0. The van der Waals surface area contributed by atoms with E-state index in [1.807, 2.05) is 66.9 Å². The molecule has 96 valence electrons. The van der Waals surface area contributed by atoms with Crippen molar-refractivity contribution in [2.45, 2.75) is 0 Å². The van der Waals surface area contributed by atoms with Crippen LogP contribution in [0, 0.1) is 0 Å². The average Bonchev–Trinajstić information content (AvgIpc) is 2.55. The molecule has 2 heteroatoms. The van der Waals surface area contributed by atoms with Crippen molar-refractivity contribution in [1.82, 2.24) is 4.98 Å². The zero-order valence-corrected chi connectivity index (χ0v) is 11.0.